The quantitative estimate of drug-likeness (QED) is 0.414. The van der Waals surface area contributed by atoms with E-state index in [4.69, 9.17) is 9.47 Å². The Labute approximate surface area is 232 Å². The Hall–Kier alpha value is -3.50. The minimum atomic E-state index is -0.731. The van der Waals surface area contributed by atoms with Crippen molar-refractivity contribution in [1.29, 1.82) is 0 Å². The maximum Gasteiger partial charge on any atom is 0.410 e. The molecule has 1 N–H and O–H groups in total. The summed E-state index contributed by atoms with van der Waals surface area (Å²) in [6.45, 7) is 10.9. The van der Waals surface area contributed by atoms with E-state index >= 15 is 8.78 Å². The summed E-state index contributed by atoms with van der Waals surface area (Å²) in [6, 6.07) is 2.56. The van der Waals surface area contributed by atoms with Gasteiger partial charge in [0.25, 0.3) is 5.78 Å². The van der Waals surface area contributed by atoms with E-state index in [2.05, 4.69) is 27.3 Å². The van der Waals surface area contributed by atoms with Gasteiger partial charge in [-0.1, -0.05) is 6.42 Å². The average Bonchev–Trinajstić information content (AvgIpc) is 3.15. The molecule has 2 saturated carbocycles. The minimum Gasteiger partial charge on any atom is -0.493 e. The first kappa shape index (κ1) is 26.7. The van der Waals surface area contributed by atoms with Crippen molar-refractivity contribution < 1.29 is 23.0 Å². The molecule has 1 amide bonds. The van der Waals surface area contributed by atoms with Gasteiger partial charge in [-0.2, -0.15) is 14.6 Å². The molecule has 1 aromatic carbocycles. The smallest absolute Gasteiger partial charge is 0.410 e. The fourth-order valence-corrected chi connectivity index (χ4v) is 6.10. The number of hydrogen-bond acceptors (Lipinski definition) is 7. The molecule has 1 aliphatic heterocycles. The number of fused-ring (bicyclic) bond motifs is 2. The summed E-state index contributed by atoms with van der Waals surface area (Å²) in [7, 11) is 0. The zero-order valence-electron chi connectivity index (χ0n) is 23.6. The third-order valence-electron chi connectivity index (χ3n) is 8.56. The van der Waals surface area contributed by atoms with Crippen LogP contribution in [-0.4, -0.2) is 61.9 Å². The Bertz CT molecular complexity index is 1410. The molecule has 1 saturated heterocycles. The second-order valence-corrected chi connectivity index (χ2v) is 12.5. The molecule has 0 bridgehead atoms. The van der Waals surface area contributed by atoms with E-state index in [0.29, 0.717) is 60.3 Å². The van der Waals surface area contributed by atoms with Crippen LogP contribution in [0.3, 0.4) is 0 Å². The van der Waals surface area contributed by atoms with Crippen molar-refractivity contribution in [3.63, 3.8) is 0 Å². The number of nitrogens with one attached hydrogen (secondary N) is 1. The Morgan fingerprint density at radius 1 is 1.15 bits per heavy atom. The lowest BCUT2D eigenvalue weighted by molar-refractivity contribution is 0.0260. The number of anilines is 1. The highest BCUT2D eigenvalue weighted by atomic mass is 19.1. The molecular formula is C29H36F2N6O3. The van der Waals surface area contributed by atoms with Crippen LogP contribution in [0, 0.1) is 42.2 Å². The van der Waals surface area contributed by atoms with E-state index in [-0.39, 0.29) is 29.4 Å². The molecule has 1 unspecified atom stereocenters. The van der Waals surface area contributed by atoms with Gasteiger partial charge in [0.1, 0.15) is 35.1 Å². The van der Waals surface area contributed by atoms with Crippen LogP contribution in [0.2, 0.25) is 0 Å². The molecule has 6 rings (SSSR count). The van der Waals surface area contributed by atoms with Gasteiger partial charge in [0.2, 0.25) is 0 Å². The third kappa shape index (κ3) is 4.94. The Morgan fingerprint density at radius 2 is 1.82 bits per heavy atom. The molecule has 0 spiro atoms. The summed E-state index contributed by atoms with van der Waals surface area (Å²) in [5.74, 6) is 0.885. The molecule has 4 atom stereocenters. The summed E-state index contributed by atoms with van der Waals surface area (Å²) in [5.41, 5.74) is 0.0724. The van der Waals surface area contributed by atoms with Gasteiger partial charge in [0.15, 0.2) is 0 Å². The van der Waals surface area contributed by atoms with E-state index < -0.39 is 17.2 Å². The summed E-state index contributed by atoms with van der Waals surface area (Å²) >= 11 is 0. The van der Waals surface area contributed by atoms with E-state index in [1.165, 1.54) is 29.4 Å². The number of aromatic nitrogens is 4. The first-order valence-electron chi connectivity index (χ1n) is 14.1. The number of piperidine rings is 1. The zero-order chi connectivity index (χ0) is 28.3. The lowest BCUT2D eigenvalue weighted by Crippen LogP contribution is -2.37. The Balaban J connectivity index is 1.18. The zero-order valence-corrected chi connectivity index (χ0v) is 23.6. The predicted octanol–water partition coefficient (Wildman–Crippen LogP) is 5.47. The van der Waals surface area contributed by atoms with Crippen molar-refractivity contribution in [2.45, 2.75) is 65.5 Å². The fourth-order valence-electron chi connectivity index (χ4n) is 6.10. The molecule has 40 heavy (non-hydrogen) atoms. The van der Waals surface area contributed by atoms with Gasteiger partial charge in [-0.3, -0.25) is 0 Å². The standard InChI is InChI=1S/C29H36F2N6O3/c1-15(17-7-6-8-17)34-26-24(16(2)35-27-32-14-33-37(26)27)25-22(30)9-18(10-23(25)31)39-13-21-19-11-36(12-20(19)21)28(38)40-29(3,4)5/h9-10,14-15,17,19-21,34H,6-8,11-13H2,1-5H3/t15-,19-,20+,21?/m1/s1. The molecule has 9 nitrogen and oxygen atoms in total. The topological polar surface area (TPSA) is 93.9 Å². The van der Waals surface area contributed by atoms with Gasteiger partial charge in [-0.05, 0) is 65.2 Å². The molecule has 3 fully saturated rings. The van der Waals surface area contributed by atoms with Crippen molar-refractivity contribution >= 4 is 17.7 Å². The maximum absolute atomic E-state index is 15.6. The van der Waals surface area contributed by atoms with Gasteiger partial charge >= 0.3 is 6.09 Å². The van der Waals surface area contributed by atoms with Crippen LogP contribution in [0.1, 0.15) is 52.7 Å². The number of nitrogens with zero attached hydrogens (tertiary/aromatic N) is 5. The average molecular weight is 555 g/mol. The normalized spacial score (nSPS) is 23.1. The number of rotatable bonds is 7. The lowest BCUT2D eigenvalue weighted by atomic mass is 9.80. The van der Waals surface area contributed by atoms with Crippen LogP contribution in [-0.2, 0) is 4.74 Å². The molecule has 2 aromatic heterocycles. The van der Waals surface area contributed by atoms with Crippen molar-refractivity contribution in [2.75, 3.05) is 25.0 Å². The molecule has 2 aliphatic carbocycles. The molecule has 3 aromatic rings. The van der Waals surface area contributed by atoms with E-state index in [1.54, 1.807) is 11.8 Å². The van der Waals surface area contributed by atoms with Gasteiger partial charge < -0.3 is 19.7 Å². The van der Waals surface area contributed by atoms with Crippen LogP contribution >= 0.6 is 0 Å². The highest BCUT2D eigenvalue weighted by molar-refractivity contribution is 5.80. The van der Waals surface area contributed by atoms with E-state index in [0.717, 1.165) is 12.8 Å². The number of benzene rings is 1. The summed E-state index contributed by atoms with van der Waals surface area (Å²) in [4.78, 5) is 22.7. The summed E-state index contributed by atoms with van der Waals surface area (Å²) in [5, 5.41) is 7.74. The fraction of sp³-hybridized carbons (Fsp3) is 0.586. The highest BCUT2D eigenvalue weighted by Gasteiger charge is 2.57. The largest absolute Gasteiger partial charge is 0.493 e. The number of carbonyl (C=O) groups excluding carboxylic acids is 1. The van der Waals surface area contributed by atoms with Crippen molar-refractivity contribution in [1.82, 2.24) is 24.5 Å². The molecule has 214 valence electrons. The highest BCUT2D eigenvalue weighted by Crippen LogP contribution is 2.52. The van der Waals surface area contributed by atoms with Crippen LogP contribution in [0.4, 0.5) is 19.4 Å². The first-order valence-corrected chi connectivity index (χ1v) is 14.1. The van der Waals surface area contributed by atoms with Gasteiger partial charge in [0.05, 0.1) is 23.4 Å². The number of amides is 1. The van der Waals surface area contributed by atoms with Crippen molar-refractivity contribution in [2.24, 2.45) is 23.7 Å². The minimum absolute atomic E-state index is 0.0969. The molecule has 3 heterocycles. The number of aryl methyl sites for hydroxylation is 1. The molecular weight excluding hydrogens is 518 g/mol. The Morgan fingerprint density at radius 3 is 2.42 bits per heavy atom. The second-order valence-electron chi connectivity index (χ2n) is 12.5. The lowest BCUT2D eigenvalue weighted by Gasteiger charge is -2.33. The predicted molar refractivity (Wildman–Crippen MR) is 145 cm³/mol. The molecule has 3 aliphatic rings. The summed E-state index contributed by atoms with van der Waals surface area (Å²) < 4.78 is 44.1. The van der Waals surface area contributed by atoms with Crippen molar-refractivity contribution in [3.8, 4) is 16.9 Å². The number of hydrogen-bond donors (Lipinski definition) is 1. The van der Waals surface area contributed by atoms with Crippen LogP contribution in [0.15, 0.2) is 18.5 Å². The van der Waals surface area contributed by atoms with Crippen LogP contribution < -0.4 is 10.1 Å². The molecule has 0 radical (unpaired) electrons. The van der Waals surface area contributed by atoms with Crippen LogP contribution in [0.5, 0.6) is 5.75 Å². The van der Waals surface area contributed by atoms with Crippen LogP contribution in [0.25, 0.3) is 16.9 Å². The monoisotopic (exact) mass is 554 g/mol. The first-order chi connectivity index (χ1) is 19.0. The number of halogens is 2. The maximum atomic E-state index is 15.6. The molecule has 11 heteroatoms. The summed E-state index contributed by atoms with van der Waals surface area (Å²) in [6.07, 6.45) is 4.50. The second kappa shape index (κ2) is 9.85. The Kier molecular flexibility index (Phi) is 6.58. The number of likely N-dealkylation sites (tertiary alicyclic amines) is 1. The third-order valence-corrected chi connectivity index (χ3v) is 8.56. The van der Waals surface area contributed by atoms with Gasteiger partial charge in [0, 0.05) is 37.2 Å². The van der Waals surface area contributed by atoms with Gasteiger partial charge in [-0.25, -0.2) is 18.6 Å². The van der Waals surface area contributed by atoms with Crippen molar-refractivity contribution in [3.05, 3.63) is 35.8 Å². The van der Waals surface area contributed by atoms with Gasteiger partial charge in [-0.15, -0.1) is 0 Å². The van der Waals surface area contributed by atoms with E-state index in [9.17, 15) is 4.79 Å². The number of carbonyl (C=O) groups is 1. The SMILES string of the molecule is Cc1nc2ncnn2c(N[C@H](C)C2CCC2)c1-c1c(F)cc(OCC2[C@H]3CN(C(=O)OC(C)(C)C)C[C@@H]23)cc1F. The van der Waals surface area contributed by atoms with E-state index in [1.807, 2.05) is 20.8 Å². The number of ether oxygens (including phenoxy) is 2.